The fourth-order valence-corrected chi connectivity index (χ4v) is 6.49. The first-order chi connectivity index (χ1) is 19.9. The summed E-state index contributed by atoms with van der Waals surface area (Å²) < 4.78 is 11.1. The summed E-state index contributed by atoms with van der Waals surface area (Å²) in [4.78, 5) is 25.0. The standard InChI is InChI=1S/C33H45NO7/c1-2-3-5-12-25(36)14-15-26-27-16-23-11-8-13-31(28(23)17-24(27)18-30(26)37)40-21-32(38)34-29(19-35)33(39)41-20-22-9-6-4-7-10-22/h4,6-11,13,24-27,29-30,35-37H,2-3,5,12,14-21H2,1H3,(H,34,38)/t24?,25?,26?,27?,29-,30+/m0/s1. The highest BCUT2D eigenvalue weighted by Gasteiger charge is 2.44. The molecule has 2 aromatic carbocycles. The number of nitrogens with one attached hydrogen (secondary N) is 1. The molecule has 4 N–H and O–H groups in total. The van der Waals surface area contributed by atoms with E-state index in [1.54, 1.807) is 0 Å². The third kappa shape index (κ3) is 8.53. The van der Waals surface area contributed by atoms with Crippen LogP contribution >= 0.6 is 0 Å². The lowest BCUT2D eigenvalue weighted by Gasteiger charge is -2.32. The topological polar surface area (TPSA) is 125 Å². The van der Waals surface area contributed by atoms with Crippen LogP contribution in [-0.2, 0) is 33.8 Å². The predicted octanol–water partition coefficient (Wildman–Crippen LogP) is 3.72. The summed E-state index contributed by atoms with van der Waals surface area (Å²) in [5, 5.41) is 33.5. The Balaban J connectivity index is 1.29. The van der Waals surface area contributed by atoms with Gasteiger partial charge in [-0.25, -0.2) is 4.79 Å². The van der Waals surface area contributed by atoms with E-state index < -0.39 is 24.5 Å². The van der Waals surface area contributed by atoms with Gasteiger partial charge in [0.25, 0.3) is 5.91 Å². The first-order valence-electron chi connectivity index (χ1n) is 15.1. The summed E-state index contributed by atoms with van der Waals surface area (Å²) in [6, 6.07) is 13.9. The van der Waals surface area contributed by atoms with E-state index in [0.29, 0.717) is 17.6 Å². The lowest BCUT2D eigenvalue weighted by molar-refractivity contribution is -0.150. The molecular formula is C33H45NO7. The van der Waals surface area contributed by atoms with Gasteiger partial charge >= 0.3 is 5.97 Å². The maximum absolute atomic E-state index is 12.6. The Kier molecular flexibility index (Phi) is 11.6. The van der Waals surface area contributed by atoms with E-state index in [9.17, 15) is 24.9 Å². The van der Waals surface area contributed by atoms with Gasteiger partial charge in [-0.3, -0.25) is 4.79 Å². The first kappa shape index (κ1) is 31.0. The second-order valence-electron chi connectivity index (χ2n) is 11.6. The summed E-state index contributed by atoms with van der Waals surface area (Å²) in [7, 11) is 0. The van der Waals surface area contributed by atoms with Crippen LogP contribution in [0.1, 0.15) is 68.6 Å². The molecule has 0 heterocycles. The van der Waals surface area contributed by atoms with Gasteiger partial charge in [-0.05, 0) is 79.0 Å². The number of rotatable bonds is 15. The average molecular weight is 568 g/mol. The van der Waals surface area contributed by atoms with Gasteiger partial charge in [0.2, 0.25) is 0 Å². The molecule has 224 valence electrons. The normalized spacial score (nSPS) is 22.7. The SMILES string of the molecule is CCCCCC(O)CCC1C2Cc3cccc(OCC(=O)N[C@@H](CO)C(=O)OCc4ccccc4)c3CC2C[C@H]1O. The molecule has 4 rings (SSSR count). The highest BCUT2D eigenvalue weighted by atomic mass is 16.5. The predicted molar refractivity (Wildman–Crippen MR) is 155 cm³/mol. The summed E-state index contributed by atoms with van der Waals surface area (Å²) in [6.45, 7) is 1.33. The number of aliphatic hydroxyl groups excluding tert-OH is 3. The van der Waals surface area contributed by atoms with Gasteiger partial charge in [0, 0.05) is 0 Å². The zero-order valence-electron chi connectivity index (χ0n) is 24.0. The van der Waals surface area contributed by atoms with Gasteiger partial charge in [0.15, 0.2) is 12.6 Å². The third-order valence-corrected chi connectivity index (χ3v) is 8.71. The molecule has 6 atom stereocenters. The van der Waals surface area contributed by atoms with E-state index in [4.69, 9.17) is 9.47 Å². The van der Waals surface area contributed by atoms with E-state index in [1.807, 2.05) is 42.5 Å². The van der Waals surface area contributed by atoms with Gasteiger partial charge in [0.05, 0.1) is 18.8 Å². The van der Waals surface area contributed by atoms with Crippen molar-refractivity contribution in [1.82, 2.24) is 5.32 Å². The Hall–Kier alpha value is -2.94. The van der Waals surface area contributed by atoms with Gasteiger partial charge in [-0.15, -0.1) is 0 Å². The van der Waals surface area contributed by atoms with Crippen LogP contribution in [0.2, 0.25) is 0 Å². The second-order valence-corrected chi connectivity index (χ2v) is 11.6. The number of fused-ring (bicyclic) bond motifs is 2. The lowest BCUT2D eigenvalue weighted by Crippen LogP contribution is -2.46. The van der Waals surface area contributed by atoms with Crippen LogP contribution in [0, 0.1) is 17.8 Å². The average Bonchev–Trinajstić information content (AvgIpc) is 3.29. The van der Waals surface area contributed by atoms with Crippen molar-refractivity contribution in [3.63, 3.8) is 0 Å². The molecule has 2 aliphatic rings. The summed E-state index contributed by atoms with van der Waals surface area (Å²) >= 11 is 0. The van der Waals surface area contributed by atoms with Crippen molar-refractivity contribution in [2.75, 3.05) is 13.2 Å². The largest absolute Gasteiger partial charge is 0.483 e. The van der Waals surface area contributed by atoms with Gasteiger partial charge < -0.3 is 30.1 Å². The van der Waals surface area contributed by atoms with Crippen LogP contribution in [0.3, 0.4) is 0 Å². The zero-order valence-corrected chi connectivity index (χ0v) is 24.0. The first-order valence-corrected chi connectivity index (χ1v) is 15.1. The van der Waals surface area contributed by atoms with E-state index in [0.717, 1.165) is 68.9 Å². The molecule has 0 aliphatic heterocycles. The Bertz CT molecular complexity index is 1120. The van der Waals surface area contributed by atoms with Crippen LogP contribution in [0.15, 0.2) is 48.5 Å². The number of hydrogen-bond acceptors (Lipinski definition) is 7. The number of benzene rings is 2. The molecule has 2 aromatic rings. The molecule has 41 heavy (non-hydrogen) atoms. The minimum absolute atomic E-state index is 0.0515. The zero-order chi connectivity index (χ0) is 29.2. The Morgan fingerprint density at radius 3 is 2.61 bits per heavy atom. The number of carbonyl (C=O) groups is 2. The van der Waals surface area contributed by atoms with Crippen molar-refractivity contribution in [3.8, 4) is 5.75 Å². The van der Waals surface area contributed by atoms with Gasteiger partial charge in [0.1, 0.15) is 12.4 Å². The number of amides is 1. The minimum atomic E-state index is -1.18. The van der Waals surface area contributed by atoms with Crippen LogP contribution in [0.4, 0.5) is 0 Å². The smallest absolute Gasteiger partial charge is 0.331 e. The summed E-state index contributed by atoms with van der Waals surface area (Å²) in [5.74, 6) is 0.271. The molecular weight excluding hydrogens is 522 g/mol. The number of ether oxygens (including phenoxy) is 2. The highest BCUT2D eigenvalue weighted by molar-refractivity contribution is 5.85. The van der Waals surface area contributed by atoms with Crippen molar-refractivity contribution in [2.45, 2.75) is 89.6 Å². The minimum Gasteiger partial charge on any atom is -0.483 e. The molecule has 1 amide bonds. The van der Waals surface area contributed by atoms with E-state index in [-0.39, 0.29) is 31.3 Å². The summed E-state index contributed by atoms with van der Waals surface area (Å²) in [6.07, 6.45) is 7.40. The van der Waals surface area contributed by atoms with Crippen molar-refractivity contribution < 1.29 is 34.4 Å². The number of hydrogen-bond donors (Lipinski definition) is 4. The molecule has 1 fully saturated rings. The maximum Gasteiger partial charge on any atom is 0.331 e. The highest BCUT2D eigenvalue weighted by Crippen LogP contribution is 2.48. The molecule has 0 bridgehead atoms. The van der Waals surface area contributed by atoms with E-state index in [2.05, 4.69) is 18.3 Å². The molecule has 2 aliphatic carbocycles. The Morgan fingerprint density at radius 1 is 1.05 bits per heavy atom. The third-order valence-electron chi connectivity index (χ3n) is 8.71. The molecule has 0 aromatic heterocycles. The quantitative estimate of drug-likeness (QED) is 0.191. The van der Waals surface area contributed by atoms with Gasteiger partial charge in [-0.2, -0.15) is 0 Å². The molecule has 0 spiro atoms. The number of unbranched alkanes of at least 4 members (excludes halogenated alkanes) is 2. The van der Waals surface area contributed by atoms with Crippen LogP contribution in [0.5, 0.6) is 5.75 Å². The van der Waals surface area contributed by atoms with Crippen molar-refractivity contribution >= 4 is 11.9 Å². The van der Waals surface area contributed by atoms with E-state index in [1.165, 1.54) is 5.56 Å². The Labute approximate surface area is 243 Å². The molecule has 4 unspecified atom stereocenters. The lowest BCUT2D eigenvalue weighted by atomic mass is 9.73. The Morgan fingerprint density at radius 2 is 1.85 bits per heavy atom. The van der Waals surface area contributed by atoms with Crippen molar-refractivity contribution in [3.05, 3.63) is 65.2 Å². The van der Waals surface area contributed by atoms with E-state index >= 15 is 0 Å². The number of esters is 1. The number of aliphatic hydroxyl groups is 3. The van der Waals surface area contributed by atoms with Crippen molar-refractivity contribution in [2.24, 2.45) is 17.8 Å². The fourth-order valence-electron chi connectivity index (χ4n) is 6.49. The second kappa shape index (κ2) is 15.3. The van der Waals surface area contributed by atoms with Gasteiger partial charge in [-0.1, -0.05) is 68.7 Å². The monoisotopic (exact) mass is 567 g/mol. The van der Waals surface area contributed by atoms with Crippen LogP contribution < -0.4 is 10.1 Å². The van der Waals surface area contributed by atoms with Crippen LogP contribution in [0.25, 0.3) is 0 Å². The van der Waals surface area contributed by atoms with Crippen LogP contribution in [-0.4, -0.2) is 58.7 Å². The molecule has 8 nitrogen and oxygen atoms in total. The fraction of sp³-hybridized carbons (Fsp3) is 0.576. The number of carbonyl (C=O) groups excluding carboxylic acids is 2. The molecule has 8 heteroatoms. The molecule has 1 saturated carbocycles. The maximum atomic E-state index is 12.6. The summed E-state index contributed by atoms with van der Waals surface area (Å²) in [5.41, 5.74) is 3.05. The molecule has 0 radical (unpaired) electrons. The van der Waals surface area contributed by atoms with Crippen molar-refractivity contribution in [1.29, 1.82) is 0 Å². The molecule has 0 saturated heterocycles.